The van der Waals surface area contributed by atoms with Crippen LogP contribution in [-0.2, 0) is 22.6 Å². The number of ether oxygens (including phenoxy) is 1. The van der Waals surface area contributed by atoms with E-state index in [4.69, 9.17) is 10.5 Å². The molecule has 6 heteroatoms. The monoisotopic (exact) mass is 355 g/mol. The van der Waals surface area contributed by atoms with Gasteiger partial charge in [0.1, 0.15) is 5.75 Å². The molecule has 2 rings (SSSR count). The number of rotatable bonds is 8. The molecule has 0 aliphatic rings. The van der Waals surface area contributed by atoms with Crippen LogP contribution in [0.5, 0.6) is 5.75 Å². The molecule has 3 N–H and O–H groups in total. The van der Waals surface area contributed by atoms with E-state index < -0.39 is 6.04 Å². The Morgan fingerprint density at radius 2 is 1.77 bits per heavy atom. The van der Waals surface area contributed by atoms with Crippen molar-refractivity contribution in [2.24, 2.45) is 5.73 Å². The number of nitrogens with one attached hydrogen (secondary N) is 1. The number of hydrogen-bond acceptors (Lipinski definition) is 4. The fourth-order valence-electron chi connectivity index (χ4n) is 2.30. The van der Waals surface area contributed by atoms with Crippen LogP contribution in [0.15, 0.2) is 54.6 Å². The number of hydrogen-bond donors (Lipinski definition) is 2. The van der Waals surface area contributed by atoms with E-state index in [9.17, 15) is 9.59 Å². The largest absolute Gasteiger partial charge is 0.484 e. The lowest BCUT2D eigenvalue weighted by Crippen LogP contribution is -2.41. The van der Waals surface area contributed by atoms with Gasteiger partial charge in [0.15, 0.2) is 6.61 Å². The van der Waals surface area contributed by atoms with Crippen LogP contribution in [-0.4, -0.2) is 43.5 Å². The molecule has 6 nitrogen and oxygen atoms in total. The third-order valence-corrected chi connectivity index (χ3v) is 3.86. The van der Waals surface area contributed by atoms with E-state index in [-0.39, 0.29) is 18.4 Å². The van der Waals surface area contributed by atoms with Gasteiger partial charge in [-0.25, -0.2) is 0 Å². The molecule has 0 bridgehead atoms. The fourth-order valence-corrected chi connectivity index (χ4v) is 2.30. The van der Waals surface area contributed by atoms with Gasteiger partial charge in [-0.05, 0) is 29.7 Å². The van der Waals surface area contributed by atoms with Gasteiger partial charge in [0.05, 0.1) is 6.04 Å². The number of benzene rings is 2. The molecule has 2 amide bonds. The first-order valence-corrected chi connectivity index (χ1v) is 8.45. The van der Waals surface area contributed by atoms with Gasteiger partial charge in [0.25, 0.3) is 5.91 Å². The van der Waals surface area contributed by atoms with Gasteiger partial charge in [-0.15, -0.1) is 0 Å². The van der Waals surface area contributed by atoms with Gasteiger partial charge in [-0.1, -0.05) is 42.5 Å². The van der Waals surface area contributed by atoms with Crippen LogP contribution >= 0.6 is 0 Å². The highest BCUT2D eigenvalue weighted by Gasteiger charge is 2.13. The van der Waals surface area contributed by atoms with Crippen LogP contribution in [0.2, 0.25) is 0 Å². The van der Waals surface area contributed by atoms with Crippen molar-refractivity contribution in [3.8, 4) is 5.75 Å². The SMILES string of the molecule is CN(C)C(=O)COc1cccc(CNC(=O)[C@@H](N)Cc2ccccc2)c1. The second-order valence-corrected chi connectivity index (χ2v) is 6.24. The molecule has 2 aromatic carbocycles. The third-order valence-electron chi connectivity index (χ3n) is 3.86. The average molecular weight is 355 g/mol. The molecule has 0 saturated heterocycles. The van der Waals surface area contributed by atoms with Gasteiger partial charge in [0.2, 0.25) is 5.91 Å². The van der Waals surface area contributed by atoms with Crippen molar-refractivity contribution in [1.82, 2.24) is 10.2 Å². The summed E-state index contributed by atoms with van der Waals surface area (Å²) in [4.78, 5) is 25.2. The highest BCUT2D eigenvalue weighted by molar-refractivity contribution is 5.81. The number of nitrogens with two attached hydrogens (primary N) is 1. The van der Waals surface area contributed by atoms with E-state index in [1.165, 1.54) is 4.90 Å². The molecular formula is C20H25N3O3. The molecule has 0 aliphatic carbocycles. The lowest BCUT2D eigenvalue weighted by molar-refractivity contribution is -0.130. The van der Waals surface area contributed by atoms with Crippen LogP contribution in [0, 0.1) is 0 Å². The lowest BCUT2D eigenvalue weighted by atomic mass is 10.1. The number of likely N-dealkylation sites (N-methyl/N-ethyl adjacent to an activating group) is 1. The second-order valence-electron chi connectivity index (χ2n) is 6.24. The van der Waals surface area contributed by atoms with Crippen LogP contribution in [0.1, 0.15) is 11.1 Å². The quantitative estimate of drug-likeness (QED) is 0.748. The zero-order chi connectivity index (χ0) is 18.9. The van der Waals surface area contributed by atoms with E-state index in [0.717, 1.165) is 11.1 Å². The summed E-state index contributed by atoms with van der Waals surface area (Å²) >= 11 is 0. The van der Waals surface area contributed by atoms with Crippen LogP contribution < -0.4 is 15.8 Å². The smallest absolute Gasteiger partial charge is 0.259 e. The maximum absolute atomic E-state index is 12.2. The number of carbonyl (C=O) groups is 2. The molecule has 2 aromatic rings. The minimum Gasteiger partial charge on any atom is -0.484 e. The van der Waals surface area contributed by atoms with E-state index >= 15 is 0 Å². The average Bonchev–Trinajstić information content (AvgIpc) is 2.65. The van der Waals surface area contributed by atoms with Gasteiger partial charge >= 0.3 is 0 Å². The summed E-state index contributed by atoms with van der Waals surface area (Å²) in [5.41, 5.74) is 7.87. The Morgan fingerprint density at radius 1 is 1.08 bits per heavy atom. The predicted molar refractivity (Wildman–Crippen MR) is 101 cm³/mol. The summed E-state index contributed by atoms with van der Waals surface area (Å²) in [5.74, 6) is 0.263. The van der Waals surface area contributed by atoms with Crippen molar-refractivity contribution in [2.75, 3.05) is 20.7 Å². The Hall–Kier alpha value is -2.86. The first-order valence-electron chi connectivity index (χ1n) is 8.45. The Labute approximate surface area is 153 Å². The van der Waals surface area contributed by atoms with Crippen LogP contribution in [0.4, 0.5) is 0 Å². The summed E-state index contributed by atoms with van der Waals surface area (Å²) in [6.07, 6.45) is 0.489. The van der Waals surface area contributed by atoms with Crippen LogP contribution in [0.25, 0.3) is 0 Å². The molecule has 26 heavy (non-hydrogen) atoms. The van der Waals surface area contributed by atoms with Gasteiger partial charge in [-0.2, -0.15) is 0 Å². The summed E-state index contributed by atoms with van der Waals surface area (Å²) in [7, 11) is 3.35. The summed E-state index contributed by atoms with van der Waals surface area (Å²) in [6.45, 7) is 0.324. The fraction of sp³-hybridized carbons (Fsp3) is 0.300. The highest BCUT2D eigenvalue weighted by atomic mass is 16.5. The second kappa shape index (κ2) is 9.58. The van der Waals surface area contributed by atoms with Crippen LogP contribution in [0.3, 0.4) is 0 Å². The minimum atomic E-state index is -0.602. The highest BCUT2D eigenvalue weighted by Crippen LogP contribution is 2.13. The first kappa shape index (κ1) is 19.5. The molecule has 138 valence electrons. The van der Waals surface area contributed by atoms with E-state index in [1.807, 2.05) is 42.5 Å². The summed E-state index contributed by atoms with van der Waals surface area (Å²) in [6, 6.07) is 16.3. The summed E-state index contributed by atoms with van der Waals surface area (Å²) in [5, 5.41) is 2.83. The van der Waals surface area contributed by atoms with Gasteiger partial charge < -0.3 is 20.7 Å². The Kier molecular flexibility index (Phi) is 7.17. The van der Waals surface area contributed by atoms with Gasteiger partial charge in [0, 0.05) is 20.6 Å². The number of carbonyl (C=O) groups excluding carboxylic acids is 2. The molecule has 0 radical (unpaired) electrons. The molecular weight excluding hydrogens is 330 g/mol. The van der Waals surface area contributed by atoms with E-state index in [1.54, 1.807) is 26.2 Å². The predicted octanol–water partition coefficient (Wildman–Crippen LogP) is 1.34. The zero-order valence-corrected chi connectivity index (χ0v) is 15.1. The van der Waals surface area contributed by atoms with Gasteiger partial charge in [-0.3, -0.25) is 9.59 Å². The normalized spacial score (nSPS) is 11.5. The number of nitrogens with zero attached hydrogens (tertiary/aromatic N) is 1. The maximum Gasteiger partial charge on any atom is 0.259 e. The van der Waals surface area contributed by atoms with Crippen molar-refractivity contribution >= 4 is 11.8 Å². The van der Waals surface area contributed by atoms with Crippen molar-refractivity contribution in [2.45, 2.75) is 19.0 Å². The number of amides is 2. The topological polar surface area (TPSA) is 84.7 Å². The molecule has 0 heterocycles. The summed E-state index contributed by atoms with van der Waals surface area (Å²) < 4.78 is 5.47. The molecule has 0 aliphatic heterocycles. The Morgan fingerprint density at radius 3 is 2.46 bits per heavy atom. The molecule has 0 fully saturated rings. The van der Waals surface area contributed by atoms with E-state index in [2.05, 4.69) is 5.32 Å². The first-order chi connectivity index (χ1) is 12.5. The lowest BCUT2D eigenvalue weighted by Gasteiger charge is -2.14. The maximum atomic E-state index is 12.2. The zero-order valence-electron chi connectivity index (χ0n) is 15.1. The third kappa shape index (κ3) is 6.22. The molecule has 0 spiro atoms. The van der Waals surface area contributed by atoms with Crippen molar-refractivity contribution in [1.29, 1.82) is 0 Å². The molecule has 0 saturated carbocycles. The minimum absolute atomic E-state index is 0.0231. The van der Waals surface area contributed by atoms with E-state index in [0.29, 0.717) is 18.7 Å². The van der Waals surface area contributed by atoms with Crippen molar-refractivity contribution in [3.63, 3.8) is 0 Å². The molecule has 0 unspecified atom stereocenters. The molecule has 1 atom stereocenters. The Balaban J connectivity index is 1.83. The van der Waals surface area contributed by atoms with Crippen molar-refractivity contribution < 1.29 is 14.3 Å². The molecule has 0 aromatic heterocycles. The van der Waals surface area contributed by atoms with Crippen molar-refractivity contribution in [3.05, 3.63) is 65.7 Å². The Bertz CT molecular complexity index is 732. The standard InChI is InChI=1S/C20H25N3O3/c1-23(2)19(24)14-26-17-10-6-9-16(11-17)13-22-20(25)18(21)12-15-7-4-3-5-8-15/h3-11,18H,12-14,21H2,1-2H3,(H,22,25)/t18-/m0/s1.